The van der Waals surface area contributed by atoms with E-state index < -0.39 is 9.84 Å². The number of alkyl halides is 1. The zero-order chi connectivity index (χ0) is 15.0. The first-order chi connectivity index (χ1) is 9.27. The predicted molar refractivity (Wildman–Crippen MR) is 85.6 cm³/mol. The van der Waals surface area contributed by atoms with Gasteiger partial charge in [0.05, 0.1) is 10.3 Å². The van der Waals surface area contributed by atoms with Crippen LogP contribution in [0.5, 0.6) is 0 Å². The Bertz CT molecular complexity index is 663. The molecule has 0 heterocycles. The van der Waals surface area contributed by atoms with E-state index in [0.29, 0.717) is 10.8 Å². The Morgan fingerprint density at radius 2 is 1.95 bits per heavy atom. The minimum Gasteiger partial charge on any atom is -0.218 e. The van der Waals surface area contributed by atoms with Gasteiger partial charge in [0.2, 0.25) is 9.84 Å². The summed E-state index contributed by atoms with van der Waals surface area (Å²) in [7, 11) is -3.39. The second-order valence-corrected chi connectivity index (χ2v) is 8.32. The Morgan fingerprint density at radius 1 is 1.35 bits per heavy atom. The Morgan fingerprint density at radius 3 is 2.45 bits per heavy atom. The average molecular weight is 355 g/mol. The Kier molecular flexibility index (Phi) is 4.29. The van der Waals surface area contributed by atoms with Gasteiger partial charge in [-0.3, -0.25) is 0 Å². The van der Waals surface area contributed by atoms with Crippen LogP contribution in [0.25, 0.3) is 0 Å². The van der Waals surface area contributed by atoms with E-state index in [9.17, 15) is 8.42 Å². The first-order valence-electron chi connectivity index (χ1n) is 6.61. The fraction of sp³-hybridized carbons (Fsp3) is 0.438. The van der Waals surface area contributed by atoms with Crippen molar-refractivity contribution in [1.29, 1.82) is 0 Å². The zero-order valence-corrected chi connectivity index (χ0v) is 14.4. The third-order valence-corrected chi connectivity index (χ3v) is 6.31. The topological polar surface area (TPSA) is 34.1 Å². The molecule has 1 saturated carbocycles. The monoisotopic (exact) mass is 354 g/mol. The van der Waals surface area contributed by atoms with Crippen LogP contribution in [0, 0.1) is 18.3 Å². The molecule has 0 aromatic heterocycles. The van der Waals surface area contributed by atoms with Crippen LogP contribution in [0.15, 0.2) is 45.9 Å². The molecule has 20 heavy (non-hydrogen) atoms. The van der Waals surface area contributed by atoms with Gasteiger partial charge in [0, 0.05) is 5.33 Å². The lowest BCUT2D eigenvalue weighted by Gasteiger charge is -2.45. The average Bonchev–Trinajstić information content (AvgIpc) is 2.38. The van der Waals surface area contributed by atoms with Crippen molar-refractivity contribution < 1.29 is 8.42 Å². The molecule has 4 heteroatoms. The fourth-order valence-corrected chi connectivity index (χ4v) is 4.30. The van der Waals surface area contributed by atoms with Gasteiger partial charge < -0.3 is 0 Å². The second-order valence-electron chi connectivity index (χ2n) is 5.88. The third kappa shape index (κ3) is 2.93. The summed E-state index contributed by atoms with van der Waals surface area (Å²) in [6.45, 7) is 6.21. The number of hydrogen-bond donors (Lipinski definition) is 0. The molecule has 2 rings (SSSR count). The normalized spacial score (nSPS) is 21.0. The Hall–Kier alpha value is -0.830. The van der Waals surface area contributed by atoms with Gasteiger partial charge >= 0.3 is 0 Å². The molecule has 0 spiro atoms. The van der Waals surface area contributed by atoms with Gasteiger partial charge in [-0.25, -0.2) is 8.42 Å². The minimum absolute atomic E-state index is 0.0306. The molecule has 2 nitrogen and oxygen atoms in total. The van der Waals surface area contributed by atoms with Crippen LogP contribution >= 0.6 is 15.9 Å². The van der Waals surface area contributed by atoms with E-state index >= 15 is 0 Å². The maximum absolute atomic E-state index is 12.2. The second kappa shape index (κ2) is 5.51. The molecule has 1 aliphatic carbocycles. The Balaban J connectivity index is 2.30. The van der Waals surface area contributed by atoms with Crippen LogP contribution < -0.4 is 0 Å². The van der Waals surface area contributed by atoms with Crippen LogP contribution in [0.4, 0.5) is 0 Å². The number of rotatable bonds is 3. The maximum Gasteiger partial charge on any atom is 0.207 e. The molecule has 0 bridgehead atoms. The van der Waals surface area contributed by atoms with Crippen molar-refractivity contribution in [2.75, 3.05) is 5.33 Å². The van der Waals surface area contributed by atoms with E-state index in [1.807, 2.05) is 19.1 Å². The predicted octanol–water partition coefficient (Wildman–Crippen LogP) is 4.25. The maximum atomic E-state index is 12.2. The van der Waals surface area contributed by atoms with Crippen molar-refractivity contribution in [1.82, 2.24) is 0 Å². The molecule has 1 aromatic rings. The largest absolute Gasteiger partial charge is 0.218 e. The van der Waals surface area contributed by atoms with Crippen molar-refractivity contribution in [2.45, 2.75) is 32.1 Å². The van der Waals surface area contributed by atoms with Crippen LogP contribution in [0.2, 0.25) is 0 Å². The number of hydrogen-bond acceptors (Lipinski definition) is 2. The zero-order valence-electron chi connectivity index (χ0n) is 12.0. The van der Waals surface area contributed by atoms with Crippen LogP contribution in [0.3, 0.4) is 0 Å². The lowest BCUT2D eigenvalue weighted by Crippen LogP contribution is -2.38. The molecule has 1 aliphatic rings. The summed E-state index contributed by atoms with van der Waals surface area (Å²) in [5.41, 5.74) is 5.17. The quantitative estimate of drug-likeness (QED) is 0.600. The molecule has 0 saturated heterocycles. The third-order valence-electron chi connectivity index (χ3n) is 4.17. The van der Waals surface area contributed by atoms with E-state index in [4.69, 9.17) is 0 Å². The fourth-order valence-electron chi connectivity index (χ4n) is 2.32. The number of aryl methyl sites for hydroxylation is 1. The van der Waals surface area contributed by atoms with Crippen molar-refractivity contribution in [3.63, 3.8) is 0 Å². The number of benzene rings is 1. The van der Waals surface area contributed by atoms with Gasteiger partial charge in [-0.05, 0) is 42.4 Å². The molecule has 0 aliphatic heterocycles. The number of allylic oxidation sites excluding steroid dienone is 1. The molecular weight excluding hydrogens is 336 g/mol. The molecule has 108 valence electrons. The first-order valence-corrected chi connectivity index (χ1v) is 9.28. The summed E-state index contributed by atoms with van der Waals surface area (Å²) in [6, 6.07) is 6.89. The van der Waals surface area contributed by atoms with Crippen molar-refractivity contribution >= 4 is 25.8 Å². The molecule has 1 atom stereocenters. The SMILES string of the molecule is Cc1ccc(S(=O)(=O)C=C=C2CC(CBr)C2(C)C)cc1. The van der Waals surface area contributed by atoms with Crippen LogP contribution in [0.1, 0.15) is 25.8 Å². The summed E-state index contributed by atoms with van der Waals surface area (Å²) < 4.78 is 24.4. The van der Waals surface area contributed by atoms with Gasteiger partial charge in [-0.2, -0.15) is 0 Å². The molecule has 1 aromatic carbocycles. The minimum atomic E-state index is -3.39. The molecule has 0 N–H and O–H groups in total. The van der Waals surface area contributed by atoms with E-state index in [0.717, 1.165) is 22.9 Å². The van der Waals surface area contributed by atoms with E-state index in [-0.39, 0.29) is 5.41 Å². The summed E-state index contributed by atoms with van der Waals surface area (Å²) in [6.07, 6.45) is 0.915. The molecule has 0 amide bonds. The van der Waals surface area contributed by atoms with Gasteiger partial charge in [0.15, 0.2) is 0 Å². The Labute approximate surface area is 129 Å². The van der Waals surface area contributed by atoms with Gasteiger partial charge in [0.1, 0.15) is 0 Å². The van der Waals surface area contributed by atoms with Gasteiger partial charge in [-0.15, -0.1) is 5.73 Å². The van der Waals surface area contributed by atoms with E-state index in [1.54, 1.807) is 12.1 Å². The van der Waals surface area contributed by atoms with E-state index in [2.05, 4.69) is 35.5 Å². The number of halogens is 1. The lowest BCUT2D eigenvalue weighted by atomic mass is 9.60. The molecular formula is C16H19BrO2S. The summed E-state index contributed by atoms with van der Waals surface area (Å²) in [5.74, 6) is 0.556. The lowest BCUT2D eigenvalue weighted by molar-refractivity contribution is 0.194. The van der Waals surface area contributed by atoms with Gasteiger partial charge in [0.25, 0.3) is 0 Å². The summed E-state index contributed by atoms with van der Waals surface area (Å²) in [5, 5.41) is 2.16. The molecule has 1 unspecified atom stereocenters. The highest BCUT2D eigenvalue weighted by atomic mass is 79.9. The van der Waals surface area contributed by atoms with Crippen molar-refractivity contribution in [2.24, 2.45) is 11.3 Å². The summed E-state index contributed by atoms with van der Waals surface area (Å²) in [4.78, 5) is 0.324. The van der Waals surface area contributed by atoms with Crippen LogP contribution in [-0.2, 0) is 9.84 Å². The van der Waals surface area contributed by atoms with Crippen molar-refractivity contribution in [3.05, 3.63) is 46.5 Å². The smallest absolute Gasteiger partial charge is 0.207 e. The molecule has 1 fully saturated rings. The highest BCUT2D eigenvalue weighted by molar-refractivity contribution is 9.09. The summed E-state index contributed by atoms with van der Waals surface area (Å²) >= 11 is 3.49. The highest BCUT2D eigenvalue weighted by Gasteiger charge is 2.42. The van der Waals surface area contributed by atoms with E-state index in [1.165, 1.54) is 5.41 Å². The van der Waals surface area contributed by atoms with Gasteiger partial charge in [-0.1, -0.05) is 47.5 Å². The first kappa shape index (κ1) is 15.6. The standard InChI is InChI=1S/C16H19BrO2S/c1-12-4-6-15(7-5-12)20(18,19)9-8-13-10-14(11-17)16(13,2)3/h4-7,9,14H,10-11H2,1-3H3. The number of sulfone groups is 1. The van der Waals surface area contributed by atoms with Crippen molar-refractivity contribution in [3.8, 4) is 0 Å². The molecule has 0 radical (unpaired) electrons. The highest BCUT2D eigenvalue weighted by Crippen LogP contribution is 2.50. The van der Waals surface area contributed by atoms with Crippen LogP contribution in [-0.4, -0.2) is 13.7 Å².